The van der Waals surface area contributed by atoms with Gasteiger partial charge in [-0.05, 0) is 38.2 Å². The zero-order valence-electron chi connectivity index (χ0n) is 14.8. The summed E-state index contributed by atoms with van der Waals surface area (Å²) in [6.45, 7) is 5.62. The maximum Gasteiger partial charge on any atom is 0.359 e. The first-order chi connectivity index (χ1) is 12.2. The Labute approximate surface area is 148 Å². The summed E-state index contributed by atoms with van der Waals surface area (Å²) in [6, 6.07) is 10.4. The maximum atomic E-state index is 12.6. The number of carbonyl (C=O) groups is 1. The Morgan fingerprint density at radius 1 is 1.24 bits per heavy atom. The fraction of sp³-hybridized carbons (Fsp3) is 0.500. The Bertz CT molecular complexity index is 754. The Hall–Kier alpha value is -2.14. The fourth-order valence-corrected chi connectivity index (χ4v) is 3.97. The molecule has 1 atom stereocenters. The van der Waals surface area contributed by atoms with Crippen LogP contribution in [0.3, 0.4) is 0 Å². The molecule has 1 fully saturated rings. The maximum absolute atomic E-state index is 12.6. The fourth-order valence-electron chi connectivity index (χ4n) is 3.97. The third-order valence-corrected chi connectivity index (χ3v) is 5.25. The van der Waals surface area contributed by atoms with E-state index in [1.54, 1.807) is 0 Å². The van der Waals surface area contributed by atoms with E-state index >= 15 is 0 Å². The highest BCUT2D eigenvalue weighted by atomic mass is 16.5. The van der Waals surface area contributed by atoms with Crippen LogP contribution in [0.2, 0.25) is 0 Å². The van der Waals surface area contributed by atoms with Crippen LogP contribution in [0.4, 0.5) is 0 Å². The van der Waals surface area contributed by atoms with Crippen LogP contribution in [-0.4, -0.2) is 39.6 Å². The normalized spacial score (nSPS) is 20.4. The summed E-state index contributed by atoms with van der Waals surface area (Å²) in [5.74, 6) is 0.684. The van der Waals surface area contributed by atoms with Crippen molar-refractivity contribution < 1.29 is 9.53 Å². The molecule has 2 aliphatic rings. The Kier molecular flexibility index (Phi) is 4.57. The van der Waals surface area contributed by atoms with Gasteiger partial charge in [0.25, 0.3) is 0 Å². The SMILES string of the molecule is Cc1nc(C(=O)O[C@@H]2CCN(Cc3ccccc3)C2)c2n1CCCC2. The predicted octanol–water partition coefficient (Wildman–Crippen LogP) is 2.96. The van der Waals surface area contributed by atoms with Crippen LogP contribution in [-0.2, 0) is 24.2 Å². The van der Waals surface area contributed by atoms with Crippen LogP contribution in [0, 0.1) is 6.92 Å². The molecule has 0 spiro atoms. The molecule has 1 aromatic carbocycles. The van der Waals surface area contributed by atoms with Crippen molar-refractivity contribution in [3.05, 3.63) is 53.1 Å². The van der Waals surface area contributed by atoms with Crippen molar-refractivity contribution in [2.75, 3.05) is 13.1 Å². The minimum absolute atomic E-state index is 0.0301. The zero-order valence-corrected chi connectivity index (χ0v) is 14.8. The molecular formula is C20H25N3O2. The van der Waals surface area contributed by atoms with Gasteiger partial charge in [-0.15, -0.1) is 0 Å². The lowest BCUT2D eigenvalue weighted by Gasteiger charge is -2.17. The first-order valence-corrected chi connectivity index (χ1v) is 9.24. The van der Waals surface area contributed by atoms with E-state index < -0.39 is 0 Å². The summed E-state index contributed by atoms with van der Waals surface area (Å²) in [6.07, 6.45) is 4.08. The van der Waals surface area contributed by atoms with Crippen LogP contribution >= 0.6 is 0 Å². The minimum Gasteiger partial charge on any atom is -0.456 e. The molecule has 25 heavy (non-hydrogen) atoms. The second-order valence-corrected chi connectivity index (χ2v) is 7.10. The number of benzene rings is 1. The molecular weight excluding hydrogens is 314 g/mol. The van der Waals surface area contributed by atoms with Gasteiger partial charge in [0.1, 0.15) is 11.9 Å². The molecule has 5 heteroatoms. The molecule has 0 aliphatic carbocycles. The van der Waals surface area contributed by atoms with Crippen LogP contribution in [0.5, 0.6) is 0 Å². The number of aromatic nitrogens is 2. The van der Waals surface area contributed by atoms with Gasteiger partial charge < -0.3 is 9.30 Å². The number of hydrogen-bond donors (Lipinski definition) is 0. The van der Waals surface area contributed by atoms with Gasteiger partial charge in [-0.1, -0.05) is 30.3 Å². The molecule has 1 aromatic heterocycles. The molecule has 0 amide bonds. The van der Waals surface area contributed by atoms with Crippen molar-refractivity contribution >= 4 is 5.97 Å². The molecule has 0 unspecified atom stereocenters. The smallest absolute Gasteiger partial charge is 0.359 e. The number of nitrogens with zero attached hydrogens (tertiary/aromatic N) is 3. The summed E-state index contributed by atoms with van der Waals surface area (Å²) in [5, 5.41) is 0. The molecule has 5 nitrogen and oxygen atoms in total. The second-order valence-electron chi connectivity index (χ2n) is 7.10. The van der Waals surface area contributed by atoms with E-state index in [0.717, 1.165) is 63.4 Å². The van der Waals surface area contributed by atoms with E-state index in [1.165, 1.54) is 5.56 Å². The van der Waals surface area contributed by atoms with E-state index in [1.807, 2.05) is 13.0 Å². The van der Waals surface area contributed by atoms with E-state index in [2.05, 4.69) is 38.7 Å². The second kappa shape index (κ2) is 7.00. The number of imidazole rings is 1. The van der Waals surface area contributed by atoms with E-state index in [9.17, 15) is 4.79 Å². The van der Waals surface area contributed by atoms with Crippen LogP contribution in [0.1, 0.15) is 46.8 Å². The van der Waals surface area contributed by atoms with Crippen molar-refractivity contribution in [3.63, 3.8) is 0 Å². The number of likely N-dealkylation sites (tertiary alicyclic amines) is 1. The standard InChI is InChI=1S/C20H25N3O2/c1-15-21-19(18-9-5-6-11-23(15)18)20(24)25-17-10-12-22(14-17)13-16-7-3-2-4-8-16/h2-4,7-8,17H,5-6,9-14H2,1H3/t17-/m1/s1. The number of hydrogen-bond acceptors (Lipinski definition) is 4. The molecule has 0 bridgehead atoms. The van der Waals surface area contributed by atoms with Crippen molar-refractivity contribution in [2.24, 2.45) is 0 Å². The highest BCUT2D eigenvalue weighted by molar-refractivity contribution is 5.89. The molecule has 3 heterocycles. The first-order valence-electron chi connectivity index (χ1n) is 9.24. The Balaban J connectivity index is 1.38. The molecule has 2 aromatic rings. The quantitative estimate of drug-likeness (QED) is 0.804. The van der Waals surface area contributed by atoms with Gasteiger partial charge in [0.2, 0.25) is 0 Å². The average Bonchev–Trinajstić information content (AvgIpc) is 3.21. The van der Waals surface area contributed by atoms with Crippen molar-refractivity contribution in [1.82, 2.24) is 14.5 Å². The Morgan fingerprint density at radius 3 is 2.92 bits per heavy atom. The van der Waals surface area contributed by atoms with Crippen LogP contribution in [0.25, 0.3) is 0 Å². The Morgan fingerprint density at radius 2 is 2.08 bits per heavy atom. The first kappa shape index (κ1) is 16.3. The van der Waals surface area contributed by atoms with E-state index in [-0.39, 0.29) is 12.1 Å². The summed E-state index contributed by atoms with van der Waals surface area (Å²) in [7, 11) is 0. The van der Waals surface area contributed by atoms with Crippen molar-refractivity contribution in [3.8, 4) is 0 Å². The highest BCUT2D eigenvalue weighted by Gasteiger charge is 2.29. The van der Waals surface area contributed by atoms with E-state index in [4.69, 9.17) is 4.74 Å². The van der Waals surface area contributed by atoms with Crippen molar-refractivity contribution in [2.45, 2.75) is 51.8 Å². The van der Waals surface area contributed by atoms with Gasteiger partial charge in [-0.2, -0.15) is 0 Å². The van der Waals surface area contributed by atoms with Crippen molar-refractivity contribution in [1.29, 1.82) is 0 Å². The largest absolute Gasteiger partial charge is 0.456 e. The van der Waals surface area contributed by atoms with Gasteiger partial charge >= 0.3 is 5.97 Å². The number of aryl methyl sites for hydroxylation is 1. The lowest BCUT2D eigenvalue weighted by molar-refractivity contribution is 0.0312. The number of carbonyl (C=O) groups excluding carboxylic acids is 1. The van der Waals surface area contributed by atoms with Gasteiger partial charge in [0, 0.05) is 26.2 Å². The summed E-state index contributed by atoms with van der Waals surface area (Å²) in [4.78, 5) is 19.5. The van der Waals surface area contributed by atoms with Gasteiger partial charge in [-0.3, -0.25) is 4.90 Å². The molecule has 132 valence electrons. The topological polar surface area (TPSA) is 47.4 Å². The monoisotopic (exact) mass is 339 g/mol. The van der Waals surface area contributed by atoms with E-state index in [0.29, 0.717) is 5.69 Å². The predicted molar refractivity (Wildman–Crippen MR) is 95.4 cm³/mol. The molecule has 1 saturated heterocycles. The summed E-state index contributed by atoms with van der Waals surface area (Å²) >= 11 is 0. The summed E-state index contributed by atoms with van der Waals surface area (Å²) < 4.78 is 7.97. The number of ether oxygens (including phenoxy) is 1. The minimum atomic E-state index is -0.245. The number of esters is 1. The van der Waals surface area contributed by atoms with Gasteiger partial charge in [0.05, 0.1) is 5.69 Å². The molecule has 0 saturated carbocycles. The average molecular weight is 339 g/mol. The molecule has 0 N–H and O–H groups in total. The highest BCUT2D eigenvalue weighted by Crippen LogP contribution is 2.23. The van der Waals surface area contributed by atoms with Gasteiger partial charge in [-0.25, -0.2) is 9.78 Å². The van der Waals surface area contributed by atoms with Crippen LogP contribution < -0.4 is 0 Å². The zero-order chi connectivity index (χ0) is 17.2. The third kappa shape index (κ3) is 3.47. The number of fused-ring (bicyclic) bond motifs is 1. The lowest BCUT2D eigenvalue weighted by atomic mass is 10.1. The molecule has 2 aliphatic heterocycles. The molecule has 0 radical (unpaired) electrons. The number of rotatable bonds is 4. The third-order valence-electron chi connectivity index (χ3n) is 5.25. The molecule has 4 rings (SSSR count). The van der Waals surface area contributed by atoms with Crippen LogP contribution in [0.15, 0.2) is 30.3 Å². The van der Waals surface area contributed by atoms with Gasteiger partial charge in [0.15, 0.2) is 5.69 Å². The summed E-state index contributed by atoms with van der Waals surface area (Å²) in [5.41, 5.74) is 2.90. The lowest BCUT2D eigenvalue weighted by Crippen LogP contribution is -2.25.